The zero-order valence-electron chi connectivity index (χ0n) is 27.4. The Morgan fingerprint density at radius 3 is 1.28 bits per heavy atom. The van der Waals surface area contributed by atoms with Crippen LogP contribution in [0, 0.1) is 0 Å². The van der Waals surface area contributed by atoms with Gasteiger partial charge in [0, 0.05) is 32.9 Å². The Morgan fingerprint density at radius 1 is 0.220 bits per heavy atom. The summed E-state index contributed by atoms with van der Waals surface area (Å²) >= 11 is 0. The largest absolute Gasteiger partial charge is 0.309 e. The minimum atomic E-state index is 1.16. The molecule has 0 aliphatic rings. The van der Waals surface area contributed by atoms with Crippen LogP contribution in [-0.2, 0) is 0 Å². The highest BCUT2D eigenvalue weighted by molar-refractivity contribution is 6.13. The lowest BCUT2D eigenvalue weighted by Gasteiger charge is -2.10. The SMILES string of the molecule is c1ccc(-c2cccc(-c3ccc4c(c3)c3cc(-c5ccc6c7ccccc7n(-c7ccccc7)c6c5)ccc3n4-c3ccccc3)c2)cc1. The van der Waals surface area contributed by atoms with Gasteiger partial charge in [0.15, 0.2) is 0 Å². The number of hydrogen-bond donors (Lipinski definition) is 0. The molecule has 50 heavy (non-hydrogen) atoms. The summed E-state index contributed by atoms with van der Waals surface area (Å²) in [5.74, 6) is 0. The second-order valence-electron chi connectivity index (χ2n) is 13.0. The smallest absolute Gasteiger partial charge is 0.0547 e. The predicted octanol–water partition coefficient (Wildman–Crippen LogP) is 12.9. The van der Waals surface area contributed by atoms with E-state index in [0.29, 0.717) is 0 Å². The molecule has 0 N–H and O–H groups in total. The van der Waals surface area contributed by atoms with Crippen LogP contribution in [0.25, 0.3) is 88.4 Å². The molecule has 0 amide bonds. The van der Waals surface area contributed by atoms with Gasteiger partial charge in [0.25, 0.3) is 0 Å². The molecule has 2 aromatic heterocycles. The molecule has 2 heterocycles. The standard InChI is InChI=1S/C48H32N2/c1-4-13-33(14-5-1)34-15-12-16-35(29-34)36-24-27-46-43(30-36)44-31-37(25-28-47(44)49(46)39-17-6-2-7-18-39)38-23-26-42-41-21-10-11-22-45(41)50(48(42)32-38)40-19-8-3-9-20-40/h1-32H. The lowest BCUT2D eigenvalue weighted by molar-refractivity contribution is 1.18. The lowest BCUT2D eigenvalue weighted by Crippen LogP contribution is -1.93. The van der Waals surface area contributed by atoms with Crippen molar-refractivity contribution in [2.24, 2.45) is 0 Å². The van der Waals surface area contributed by atoms with Gasteiger partial charge in [-0.05, 0) is 100 Å². The molecule has 10 aromatic rings. The van der Waals surface area contributed by atoms with E-state index in [1.165, 1.54) is 82.7 Å². The Labute approximate surface area is 290 Å². The highest BCUT2D eigenvalue weighted by Crippen LogP contribution is 2.39. The molecule has 0 spiro atoms. The topological polar surface area (TPSA) is 9.86 Å². The number of benzene rings is 8. The van der Waals surface area contributed by atoms with Gasteiger partial charge in [-0.3, -0.25) is 0 Å². The molecular formula is C48H32N2. The maximum Gasteiger partial charge on any atom is 0.0547 e. The molecule has 0 bridgehead atoms. The van der Waals surface area contributed by atoms with Crippen LogP contribution >= 0.6 is 0 Å². The average Bonchev–Trinajstić information content (AvgIpc) is 3.70. The molecule has 0 saturated heterocycles. The first-order valence-corrected chi connectivity index (χ1v) is 17.2. The Hall–Kier alpha value is -6.64. The molecule has 234 valence electrons. The molecule has 8 aromatic carbocycles. The van der Waals surface area contributed by atoms with Crippen LogP contribution in [0.5, 0.6) is 0 Å². The maximum absolute atomic E-state index is 2.40. The molecule has 0 aliphatic heterocycles. The van der Waals surface area contributed by atoms with Crippen molar-refractivity contribution < 1.29 is 0 Å². The van der Waals surface area contributed by atoms with E-state index in [1.807, 2.05) is 0 Å². The maximum atomic E-state index is 2.40. The fourth-order valence-electron chi connectivity index (χ4n) is 7.75. The molecule has 0 radical (unpaired) electrons. The third kappa shape index (κ3) is 4.57. The summed E-state index contributed by atoms with van der Waals surface area (Å²) in [7, 11) is 0. The molecule has 0 atom stereocenters. The second kappa shape index (κ2) is 11.5. The molecule has 2 nitrogen and oxygen atoms in total. The number of nitrogens with zero attached hydrogens (tertiary/aromatic N) is 2. The third-order valence-electron chi connectivity index (χ3n) is 10.1. The first-order chi connectivity index (χ1) is 24.8. The summed E-state index contributed by atoms with van der Waals surface area (Å²) in [6.45, 7) is 0. The van der Waals surface area contributed by atoms with Gasteiger partial charge in [-0.2, -0.15) is 0 Å². The zero-order valence-corrected chi connectivity index (χ0v) is 27.4. The monoisotopic (exact) mass is 636 g/mol. The summed E-state index contributed by atoms with van der Waals surface area (Å²) in [5, 5.41) is 5.01. The van der Waals surface area contributed by atoms with Crippen LogP contribution in [0.3, 0.4) is 0 Å². The Balaban J connectivity index is 1.18. The van der Waals surface area contributed by atoms with E-state index in [-0.39, 0.29) is 0 Å². The van der Waals surface area contributed by atoms with Gasteiger partial charge in [-0.15, -0.1) is 0 Å². The summed E-state index contributed by atoms with van der Waals surface area (Å²) in [6.07, 6.45) is 0. The Morgan fingerprint density at radius 2 is 0.640 bits per heavy atom. The first kappa shape index (κ1) is 28.4. The Kier molecular flexibility index (Phi) is 6.53. The van der Waals surface area contributed by atoms with Crippen molar-refractivity contribution in [3.05, 3.63) is 194 Å². The second-order valence-corrected chi connectivity index (χ2v) is 13.0. The van der Waals surface area contributed by atoms with Crippen LogP contribution < -0.4 is 0 Å². The van der Waals surface area contributed by atoms with Gasteiger partial charge in [0.05, 0.1) is 22.1 Å². The average molecular weight is 637 g/mol. The summed E-state index contributed by atoms with van der Waals surface area (Å²) in [6, 6.07) is 70.4. The summed E-state index contributed by atoms with van der Waals surface area (Å²) < 4.78 is 4.79. The van der Waals surface area contributed by atoms with E-state index in [4.69, 9.17) is 0 Å². The quantitative estimate of drug-likeness (QED) is 0.178. The minimum Gasteiger partial charge on any atom is -0.309 e. The van der Waals surface area contributed by atoms with Crippen LogP contribution in [0.2, 0.25) is 0 Å². The lowest BCUT2D eigenvalue weighted by atomic mass is 9.97. The van der Waals surface area contributed by atoms with Gasteiger partial charge < -0.3 is 9.13 Å². The van der Waals surface area contributed by atoms with E-state index in [2.05, 4.69) is 203 Å². The van der Waals surface area contributed by atoms with Crippen LogP contribution in [-0.4, -0.2) is 9.13 Å². The van der Waals surface area contributed by atoms with E-state index < -0.39 is 0 Å². The van der Waals surface area contributed by atoms with Gasteiger partial charge in [0.1, 0.15) is 0 Å². The number of rotatable bonds is 5. The van der Waals surface area contributed by atoms with Crippen molar-refractivity contribution in [2.45, 2.75) is 0 Å². The minimum absolute atomic E-state index is 1.16. The van der Waals surface area contributed by atoms with Gasteiger partial charge in [-0.25, -0.2) is 0 Å². The van der Waals surface area contributed by atoms with Crippen molar-refractivity contribution in [3.8, 4) is 44.8 Å². The first-order valence-electron chi connectivity index (χ1n) is 17.2. The van der Waals surface area contributed by atoms with Crippen molar-refractivity contribution in [1.82, 2.24) is 9.13 Å². The van der Waals surface area contributed by atoms with Gasteiger partial charge >= 0.3 is 0 Å². The van der Waals surface area contributed by atoms with Gasteiger partial charge in [-0.1, -0.05) is 127 Å². The van der Waals surface area contributed by atoms with Crippen LogP contribution in [0.1, 0.15) is 0 Å². The normalized spacial score (nSPS) is 11.6. The van der Waals surface area contributed by atoms with Crippen LogP contribution in [0.4, 0.5) is 0 Å². The third-order valence-corrected chi connectivity index (χ3v) is 10.1. The fourth-order valence-corrected chi connectivity index (χ4v) is 7.75. The Bertz CT molecular complexity index is 2840. The van der Waals surface area contributed by atoms with Crippen LogP contribution in [0.15, 0.2) is 194 Å². The molecule has 0 aliphatic carbocycles. The molecule has 0 fully saturated rings. The van der Waals surface area contributed by atoms with Crippen molar-refractivity contribution in [1.29, 1.82) is 0 Å². The predicted molar refractivity (Wildman–Crippen MR) is 211 cm³/mol. The van der Waals surface area contributed by atoms with Gasteiger partial charge in [0.2, 0.25) is 0 Å². The molecule has 0 saturated carbocycles. The zero-order chi connectivity index (χ0) is 33.0. The summed E-state index contributed by atoms with van der Waals surface area (Å²) in [4.78, 5) is 0. The molecule has 10 rings (SSSR count). The molecule has 0 unspecified atom stereocenters. The highest BCUT2D eigenvalue weighted by Gasteiger charge is 2.17. The van der Waals surface area contributed by atoms with Crippen molar-refractivity contribution in [2.75, 3.05) is 0 Å². The summed E-state index contributed by atoms with van der Waals surface area (Å²) in [5.41, 5.74) is 14.4. The van der Waals surface area contributed by atoms with Crippen molar-refractivity contribution >= 4 is 43.6 Å². The highest BCUT2D eigenvalue weighted by atomic mass is 15.0. The molecule has 2 heteroatoms. The fraction of sp³-hybridized carbons (Fsp3) is 0. The van der Waals surface area contributed by atoms with E-state index in [1.54, 1.807) is 0 Å². The number of para-hydroxylation sites is 3. The molecular weight excluding hydrogens is 605 g/mol. The number of fused-ring (bicyclic) bond motifs is 6. The van der Waals surface area contributed by atoms with E-state index in [9.17, 15) is 0 Å². The van der Waals surface area contributed by atoms with E-state index in [0.717, 1.165) is 5.69 Å². The van der Waals surface area contributed by atoms with E-state index >= 15 is 0 Å². The van der Waals surface area contributed by atoms with Crippen molar-refractivity contribution in [3.63, 3.8) is 0 Å². The number of hydrogen-bond acceptors (Lipinski definition) is 0. The number of aromatic nitrogens is 2.